The zero-order valence-corrected chi connectivity index (χ0v) is 10.8. The van der Waals surface area contributed by atoms with Gasteiger partial charge in [0.25, 0.3) is 4.34 Å². The lowest BCUT2D eigenvalue weighted by atomic mass is 10.3. The van der Waals surface area contributed by atoms with Crippen LogP contribution in [0.3, 0.4) is 0 Å². The fourth-order valence-electron chi connectivity index (χ4n) is 1.53. The molecule has 2 N–H and O–H groups in total. The molecule has 1 aromatic heterocycles. The smallest absolute Gasteiger partial charge is 0.370 e. The zero-order valence-electron chi connectivity index (χ0n) is 9.20. The van der Waals surface area contributed by atoms with Gasteiger partial charge in [0.15, 0.2) is 0 Å². The highest BCUT2D eigenvalue weighted by molar-refractivity contribution is 8.01. The lowest BCUT2D eigenvalue weighted by molar-refractivity contribution is -0.691. The minimum Gasteiger partial charge on any atom is -0.481 e. The topological polar surface area (TPSA) is 78.5 Å². The molecule has 1 aromatic carbocycles. The Labute approximate surface area is 111 Å². The number of thiazole rings is 1. The Balaban J connectivity index is 2.42. The van der Waals surface area contributed by atoms with Gasteiger partial charge in [-0.2, -0.15) is 4.57 Å². The van der Waals surface area contributed by atoms with E-state index in [2.05, 4.69) is 0 Å². The second-order valence-corrected chi connectivity index (χ2v) is 5.75. The van der Waals surface area contributed by atoms with E-state index in [1.54, 1.807) is 4.57 Å². The molecule has 0 amide bonds. The number of thioether (sulfide) groups is 1. The third-order valence-corrected chi connectivity index (χ3v) is 4.61. The third-order valence-electron chi connectivity index (χ3n) is 2.19. The number of hydrogen-bond donors (Lipinski definition) is 2. The highest BCUT2D eigenvalue weighted by Gasteiger charge is 2.23. The van der Waals surface area contributed by atoms with E-state index in [1.807, 2.05) is 24.3 Å². The lowest BCUT2D eigenvalue weighted by Crippen LogP contribution is -2.38. The number of aliphatic carboxylic acids is 2. The Kier molecular flexibility index (Phi) is 3.83. The van der Waals surface area contributed by atoms with Gasteiger partial charge in [0.2, 0.25) is 12.1 Å². The van der Waals surface area contributed by atoms with E-state index in [0.717, 1.165) is 22.0 Å². The summed E-state index contributed by atoms with van der Waals surface area (Å²) in [5.74, 6) is -1.94. The number of rotatable bonds is 5. The van der Waals surface area contributed by atoms with E-state index in [-0.39, 0.29) is 12.3 Å². The number of aromatic nitrogens is 1. The van der Waals surface area contributed by atoms with Gasteiger partial charge in [-0.3, -0.25) is 4.79 Å². The highest BCUT2D eigenvalue weighted by Crippen LogP contribution is 2.27. The van der Waals surface area contributed by atoms with Crippen LogP contribution in [0.5, 0.6) is 0 Å². The van der Waals surface area contributed by atoms with Crippen molar-refractivity contribution in [1.29, 1.82) is 0 Å². The quantitative estimate of drug-likeness (QED) is 0.642. The van der Waals surface area contributed by atoms with Crippen LogP contribution in [0.1, 0.15) is 0 Å². The lowest BCUT2D eigenvalue weighted by Gasteiger charge is -1.94. The molecular weight excluding hydrogens is 274 g/mol. The molecule has 0 radical (unpaired) electrons. The van der Waals surface area contributed by atoms with E-state index in [9.17, 15) is 9.59 Å². The first-order valence-corrected chi connectivity index (χ1v) is 6.86. The SMILES string of the molecule is O=C(O)CSc1sc2ccccc2[n+]1CC(=O)O. The average Bonchev–Trinajstić information content (AvgIpc) is 2.64. The largest absolute Gasteiger partial charge is 0.481 e. The van der Waals surface area contributed by atoms with E-state index in [1.165, 1.54) is 11.3 Å². The molecule has 2 rings (SSSR count). The van der Waals surface area contributed by atoms with E-state index < -0.39 is 11.9 Å². The van der Waals surface area contributed by atoms with Crippen molar-refractivity contribution >= 4 is 45.3 Å². The van der Waals surface area contributed by atoms with Crippen LogP contribution in [0.4, 0.5) is 0 Å². The molecule has 0 aliphatic rings. The first-order valence-electron chi connectivity index (χ1n) is 5.05. The number of para-hydroxylation sites is 1. The Hall–Kier alpha value is -1.60. The maximum absolute atomic E-state index is 10.9. The molecular formula is C11H10NO4S2+. The number of carboxylic acid groups (broad SMARTS) is 2. The van der Waals surface area contributed by atoms with Crippen LogP contribution in [0, 0.1) is 0 Å². The van der Waals surface area contributed by atoms with Gasteiger partial charge in [-0.25, -0.2) is 4.79 Å². The van der Waals surface area contributed by atoms with Gasteiger partial charge in [0.1, 0.15) is 10.5 Å². The molecule has 0 aliphatic heterocycles. The van der Waals surface area contributed by atoms with E-state index >= 15 is 0 Å². The minimum absolute atomic E-state index is 0.0769. The van der Waals surface area contributed by atoms with Crippen LogP contribution in [-0.4, -0.2) is 27.9 Å². The van der Waals surface area contributed by atoms with Gasteiger partial charge in [-0.1, -0.05) is 23.5 Å². The molecule has 0 bridgehead atoms. The van der Waals surface area contributed by atoms with Crippen molar-refractivity contribution in [2.75, 3.05) is 5.75 Å². The van der Waals surface area contributed by atoms with Crippen LogP contribution < -0.4 is 4.57 Å². The molecule has 0 saturated heterocycles. The third kappa shape index (κ3) is 2.80. The summed E-state index contributed by atoms with van der Waals surface area (Å²) >= 11 is 2.55. The number of fused-ring (bicyclic) bond motifs is 1. The Morgan fingerprint density at radius 2 is 1.94 bits per heavy atom. The standard InChI is InChI=1S/C11H9NO4S2/c13-9(14)5-12-7-3-1-2-4-8(7)18-11(12)17-6-10(15)16/h1-4H,5-6H2,(H-,13,14,15,16)/p+1. The number of nitrogens with zero attached hydrogens (tertiary/aromatic N) is 1. The van der Waals surface area contributed by atoms with Crippen LogP contribution in [0.15, 0.2) is 28.6 Å². The molecule has 0 spiro atoms. The molecule has 0 unspecified atom stereocenters. The van der Waals surface area contributed by atoms with Crippen molar-refractivity contribution in [2.45, 2.75) is 10.9 Å². The molecule has 0 aliphatic carbocycles. The summed E-state index contributed by atoms with van der Waals surface area (Å²) in [5.41, 5.74) is 0.817. The summed E-state index contributed by atoms with van der Waals surface area (Å²) in [4.78, 5) is 21.4. The molecule has 0 fully saturated rings. The maximum atomic E-state index is 10.9. The van der Waals surface area contributed by atoms with Crippen LogP contribution in [-0.2, 0) is 16.1 Å². The zero-order chi connectivity index (χ0) is 13.1. The number of hydrogen-bond acceptors (Lipinski definition) is 4. The predicted octanol–water partition coefficient (Wildman–Crippen LogP) is 1.45. The molecule has 1 heterocycles. The van der Waals surface area contributed by atoms with Crippen molar-refractivity contribution in [2.24, 2.45) is 0 Å². The summed E-state index contributed by atoms with van der Waals surface area (Å²) in [5, 5.41) is 17.6. The molecule has 7 heteroatoms. The number of benzene rings is 1. The van der Waals surface area contributed by atoms with E-state index in [0.29, 0.717) is 4.34 Å². The maximum Gasteiger partial charge on any atom is 0.370 e. The first-order chi connectivity index (χ1) is 8.58. The number of carbonyl (C=O) groups is 2. The summed E-state index contributed by atoms with van der Waals surface area (Å²) < 4.78 is 3.28. The van der Waals surface area contributed by atoms with Crippen LogP contribution in [0.25, 0.3) is 10.2 Å². The van der Waals surface area contributed by atoms with Crippen molar-refractivity contribution in [3.05, 3.63) is 24.3 Å². The fourth-order valence-corrected chi connectivity index (χ4v) is 3.67. The molecule has 0 atom stereocenters. The van der Waals surface area contributed by atoms with Gasteiger partial charge in [0.05, 0.1) is 0 Å². The second-order valence-electron chi connectivity index (χ2n) is 3.50. The van der Waals surface area contributed by atoms with Crippen molar-refractivity contribution in [3.8, 4) is 0 Å². The van der Waals surface area contributed by atoms with Crippen molar-refractivity contribution in [3.63, 3.8) is 0 Å². The average molecular weight is 284 g/mol. The Morgan fingerprint density at radius 3 is 2.61 bits per heavy atom. The Morgan fingerprint density at radius 1 is 1.22 bits per heavy atom. The number of carboxylic acids is 2. The molecule has 2 aromatic rings. The summed E-state index contributed by atoms with van der Waals surface area (Å²) in [7, 11) is 0. The molecule has 0 saturated carbocycles. The normalized spacial score (nSPS) is 10.7. The summed E-state index contributed by atoms with van der Waals surface area (Å²) in [6.07, 6.45) is 0. The van der Waals surface area contributed by atoms with Gasteiger partial charge in [-0.15, -0.1) is 0 Å². The second kappa shape index (κ2) is 5.36. The van der Waals surface area contributed by atoms with Gasteiger partial charge < -0.3 is 10.2 Å². The molecule has 18 heavy (non-hydrogen) atoms. The monoisotopic (exact) mass is 284 g/mol. The fraction of sp³-hybridized carbons (Fsp3) is 0.182. The van der Waals surface area contributed by atoms with Crippen LogP contribution >= 0.6 is 23.1 Å². The van der Waals surface area contributed by atoms with E-state index in [4.69, 9.17) is 10.2 Å². The van der Waals surface area contributed by atoms with Crippen LogP contribution in [0.2, 0.25) is 0 Å². The molecule has 94 valence electrons. The van der Waals surface area contributed by atoms with Gasteiger partial charge >= 0.3 is 11.9 Å². The first kappa shape index (κ1) is 12.8. The molecule has 5 nitrogen and oxygen atoms in total. The predicted molar refractivity (Wildman–Crippen MR) is 68.0 cm³/mol. The van der Waals surface area contributed by atoms with Crippen molar-refractivity contribution < 1.29 is 24.4 Å². The van der Waals surface area contributed by atoms with Gasteiger partial charge in [-0.05, 0) is 17.8 Å². The Bertz CT molecular complexity index is 608. The van der Waals surface area contributed by atoms with Crippen molar-refractivity contribution in [1.82, 2.24) is 0 Å². The summed E-state index contributed by atoms with van der Waals surface area (Å²) in [6, 6.07) is 7.43. The highest BCUT2D eigenvalue weighted by atomic mass is 32.2. The summed E-state index contributed by atoms with van der Waals surface area (Å²) in [6.45, 7) is -0.161. The minimum atomic E-state index is -0.944. The van der Waals surface area contributed by atoms with Gasteiger partial charge in [0, 0.05) is 6.07 Å².